The van der Waals surface area contributed by atoms with Crippen molar-refractivity contribution in [2.45, 2.75) is 0 Å². The first-order valence-corrected chi connectivity index (χ1v) is 16.4. The molecular formula is C45H26N4. The van der Waals surface area contributed by atoms with Crippen LogP contribution in [-0.2, 0) is 0 Å². The van der Waals surface area contributed by atoms with Crippen LogP contribution in [0.1, 0.15) is 5.56 Å². The van der Waals surface area contributed by atoms with Crippen molar-refractivity contribution in [1.82, 2.24) is 14.5 Å². The summed E-state index contributed by atoms with van der Waals surface area (Å²) in [6.07, 6.45) is 3.71. The van der Waals surface area contributed by atoms with Crippen molar-refractivity contribution in [3.63, 3.8) is 0 Å². The van der Waals surface area contributed by atoms with Gasteiger partial charge in [-0.05, 0) is 99.4 Å². The van der Waals surface area contributed by atoms with Crippen LogP contribution in [0.3, 0.4) is 0 Å². The Morgan fingerprint density at radius 2 is 1.16 bits per heavy atom. The quantitative estimate of drug-likeness (QED) is 0.184. The Labute approximate surface area is 281 Å². The van der Waals surface area contributed by atoms with Crippen LogP contribution in [0.5, 0.6) is 0 Å². The van der Waals surface area contributed by atoms with E-state index in [0.717, 1.165) is 71.6 Å². The Morgan fingerprint density at radius 1 is 0.490 bits per heavy atom. The molecule has 0 unspecified atom stereocenters. The van der Waals surface area contributed by atoms with Gasteiger partial charge in [-0.2, -0.15) is 5.26 Å². The first-order chi connectivity index (χ1) is 24.3. The van der Waals surface area contributed by atoms with Crippen molar-refractivity contribution >= 4 is 65.0 Å². The summed E-state index contributed by atoms with van der Waals surface area (Å²) in [4.78, 5) is 9.71. The highest BCUT2D eigenvalue weighted by Crippen LogP contribution is 2.44. The summed E-state index contributed by atoms with van der Waals surface area (Å²) in [5, 5.41) is 20.2. The molecule has 0 aliphatic carbocycles. The van der Waals surface area contributed by atoms with Gasteiger partial charge in [0.25, 0.3) is 0 Å². The molecule has 7 aromatic carbocycles. The van der Waals surface area contributed by atoms with Crippen molar-refractivity contribution < 1.29 is 0 Å². The number of benzene rings is 7. The smallest absolute Gasteiger partial charge is 0.0991 e. The topological polar surface area (TPSA) is 54.5 Å². The van der Waals surface area contributed by atoms with Crippen LogP contribution in [0.4, 0.5) is 0 Å². The van der Waals surface area contributed by atoms with Crippen molar-refractivity contribution in [3.8, 4) is 34.1 Å². The van der Waals surface area contributed by atoms with Gasteiger partial charge in [-0.25, -0.2) is 4.98 Å². The van der Waals surface area contributed by atoms with E-state index in [1.807, 2.05) is 36.7 Å². The zero-order valence-corrected chi connectivity index (χ0v) is 26.3. The van der Waals surface area contributed by atoms with E-state index in [4.69, 9.17) is 4.98 Å². The lowest BCUT2D eigenvalue weighted by atomic mass is 9.88. The number of hydrogen-bond acceptors (Lipinski definition) is 3. The van der Waals surface area contributed by atoms with E-state index in [9.17, 15) is 5.26 Å². The standard InChI is InChI=1S/C45H26N4/c46-26-28-16-20-41-38(23-28)39-25-30(18-21-42(39)49(41)32-10-2-1-3-11-32)29-17-19-35-37(24-29)33-12-4-5-13-34(33)43-36-14-6-7-15-40(36)48-45(44(35)43)31-9-8-22-47-27-31/h1-25,27H. The molecule has 0 fully saturated rings. The van der Waals surface area contributed by atoms with Crippen LogP contribution in [-0.4, -0.2) is 14.5 Å². The lowest BCUT2D eigenvalue weighted by Gasteiger charge is -2.17. The molecule has 10 aromatic rings. The molecule has 0 amide bonds. The van der Waals surface area contributed by atoms with Gasteiger partial charge in [0.1, 0.15) is 0 Å². The number of nitrogens with zero attached hydrogens (tertiary/aromatic N) is 4. The highest BCUT2D eigenvalue weighted by atomic mass is 15.0. The second-order valence-electron chi connectivity index (χ2n) is 12.5. The molecule has 4 nitrogen and oxygen atoms in total. The van der Waals surface area contributed by atoms with Gasteiger partial charge < -0.3 is 4.57 Å². The number of nitriles is 1. The fraction of sp³-hybridized carbons (Fsp3) is 0. The molecule has 10 rings (SSSR count). The van der Waals surface area contributed by atoms with Gasteiger partial charge in [-0.1, -0.05) is 78.9 Å². The Balaban J connectivity index is 1.28. The lowest BCUT2D eigenvalue weighted by Crippen LogP contribution is -1.94. The third-order valence-corrected chi connectivity index (χ3v) is 9.84. The molecule has 0 saturated carbocycles. The molecule has 0 spiro atoms. The first-order valence-electron chi connectivity index (χ1n) is 16.4. The van der Waals surface area contributed by atoms with E-state index in [1.165, 1.54) is 21.5 Å². The number of aromatic nitrogens is 3. The van der Waals surface area contributed by atoms with Gasteiger partial charge in [0.05, 0.1) is 33.9 Å². The second kappa shape index (κ2) is 10.6. The second-order valence-corrected chi connectivity index (χ2v) is 12.5. The summed E-state index contributed by atoms with van der Waals surface area (Å²) in [7, 11) is 0. The molecule has 4 heteroatoms. The number of pyridine rings is 2. The van der Waals surface area contributed by atoms with E-state index in [2.05, 4.69) is 137 Å². The molecule has 0 N–H and O–H groups in total. The highest BCUT2D eigenvalue weighted by molar-refractivity contribution is 6.33. The van der Waals surface area contributed by atoms with E-state index in [0.29, 0.717) is 5.56 Å². The van der Waals surface area contributed by atoms with Gasteiger partial charge in [0.2, 0.25) is 0 Å². The van der Waals surface area contributed by atoms with E-state index >= 15 is 0 Å². The van der Waals surface area contributed by atoms with Crippen LogP contribution in [0, 0.1) is 11.3 Å². The Bertz CT molecular complexity index is 2990. The van der Waals surface area contributed by atoms with Crippen LogP contribution in [0.25, 0.3) is 93.1 Å². The van der Waals surface area contributed by atoms with Crippen LogP contribution < -0.4 is 0 Å². The number of hydrogen-bond donors (Lipinski definition) is 0. The normalized spacial score (nSPS) is 11.7. The minimum atomic E-state index is 0.652. The summed E-state index contributed by atoms with van der Waals surface area (Å²) in [6, 6.07) is 53.5. The minimum Gasteiger partial charge on any atom is -0.309 e. The fourth-order valence-electron chi connectivity index (χ4n) is 7.69. The third-order valence-electron chi connectivity index (χ3n) is 9.84. The van der Waals surface area contributed by atoms with E-state index in [1.54, 1.807) is 0 Å². The molecule has 0 aliphatic rings. The van der Waals surface area contributed by atoms with Gasteiger partial charge >= 0.3 is 0 Å². The van der Waals surface area contributed by atoms with E-state index < -0.39 is 0 Å². The molecule has 49 heavy (non-hydrogen) atoms. The molecule has 0 aliphatic heterocycles. The molecule has 0 saturated heterocycles. The maximum atomic E-state index is 9.77. The largest absolute Gasteiger partial charge is 0.309 e. The Hall–Kier alpha value is -6.83. The van der Waals surface area contributed by atoms with E-state index in [-0.39, 0.29) is 0 Å². The summed E-state index contributed by atoms with van der Waals surface area (Å²) >= 11 is 0. The van der Waals surface area contributed by atoms with Crippen LogP contribution >= 0.6 is 0 Å². The van der Waals surface area contributed by atoms with Crippen LogP contribution in [0.15, 0.2) is 158 Å². The average molecular weight is 623 g/mol. The predicted molar refractivity (Wildman–Crippen MR) is 202 cm³/mol. The van der Waals surface area contributed by atoms with Gasteiger partial charge in [-0.15, -0.1) is 0 Å². The first kappa shape index (κ1) is 27.3. The third kappa shape index (κ3) is 4.10. The zero-order valence-electron chi connectivity index (χ0n) is 26.3. The SMILES string of the molecule is N#Cc1ccc2c(c1)c1cc(-c3ccc4c(c3)c3ccccc3c3c5ccccc5nc(-c5cccnc5)c43)ccc1n2-c1ccccc1. The summed E-state index contributed by atoms with van der Waals surface area (Å²) in [5.41, 5.74) is 9.09. The average Bonchev–Trinajstić information content (AvgIpc) is 3.50. The van der Waals surface area contributed by atoms with Gasteiger partial charge in [0.15, 0.2) is 0 Å². The lowest BCUT2D eigenvalue weighted by molar-refractivity contribution is 1.18. The maximum Gasteiger partial charge on any atom is 0.0991 e. The van der Waals surface area contributed by atoms with Crippen molar-refractivity contribution in [2.75, 3.05) is 0 Å². The van der Waals surface area contributed by atoms with Crippen molar-refractivity contribution in [3.05, 3.63) is 164 Å². The number of fused-ring (bicyclic) bond motifs is 11. The van der Waals surface area contributed by atoms with Gasteiger partial charge in [0, 0.05) is 50.6 Å². The molecule has 226 valence electrons. The molecule has 0 radical (unpaired) electrons. The summed E-state index contributed by atoms with van der Waals surface area (Å²) in [6.45, 7) is 0. The van der Waals surface area contributed by atoms with Crippen LogP contribution in [0.2, 0.25) is 0 Å². The van der Waals surface area contributed by atoms with Crippen molar-refractivity contribution in [1.29, 1.82) is 5.26 Å². The Kier molecular flexibility index (Phi) is 5.90. The number of para-hydroxylation sites is 2. The molecule has 0 atom stereocenters. The minimum absolute atomic E-state index is 0.652. The summed E-state index contributed by atoms with van der Waals surface area (Å²) in [5.74, 6) is 0. The Morgan fingerprint density at radius 3 is 1.96 bits per heavy atom. The summed E-state index contributed by atoms with van der Waals surface area (Å²) < 4.78 is 2.28. The number of rotatable bonds is 3. The van der Waals surface area contributed by atoms with Gasteiger partial charge in [-0.3, -0.25) is 4.98 Å². The highest BCUT2D eigenvalue weighted by Gasteiger charge is 2.19. The molecule has 3 aromatic heterocycles. The molecule has 3 heterocycles. The molecular weight excluding hydrogens is 597 g/mol. The van der Waals surface area contributed by atoms with Crippen molar-refractivity contribution in [2.24, 2.45) is 0 Å². The molecule has 0 bridgehead atoms. The monoisotopic (exact) mass is 622 g/mol. The predicted octanol–water partition coefficient (Wildman–Crippen LogP) is 11.4. The zero-order chi connectivity index (χ0) is 32.5. The maximum absolute atomic E-state index is 9.77. The fourth-order valence-corrected chi connectivity index (χ4v) is 7.69.